The van der Waals surface area contributed by atoms with Crippen LogP contribution in [0.25, 0.3) is 0 Å². The van der Waals surface area contributed by atoms with Crippen molar-refractivity contribution < 1.29 is 9.59 Å². The van der Waals surface area contributed by atoms with Crippen molar-refractivity contribution in [3.05, 3.63) is 70.9 Å². The Morgan fingerprint density at radius 3 is 2.41 bits per heavy atom. The molecule has 3 rings (SSSR count). The molecule has 0 heterocycles. The maximum atomic E-state index is 12.9. The van der Waals surface area contributed by atoms with E-state index in [1.165, 1.54) is 29.6 Å². The SMILES string of the molecule is C=CC(=CC=C(C)CC1=C(CCC)CC(CCC(CC(C)=O)C2CCC(C(=O)C3=CCCC3)CC2)C=C1)C(C)(C)C. The van der Waals surface area contributed by atoms with Crippen LogP contribution < -0.4 is 0 Å². The lowest BCUT2D eigenvalue weighted by atomic mass is 9.70. The molecule has 226 valence electrons. The van der Waals surface area contributed by atoms with Gasteiger partial charge in [-0.1, -0.05) is 88.3 Å². The molecule has 3 aliphatic rings. The molecule has 1 fully saturated rings. The van der Waals surface area contributed by atoms with Crippen molar-refractivity contribution in [2.45, 2.75) is 131 Å². The van der Waals surface area contributed by atoms with Gasteiger partial charge in [-0.3, -0.25) is 4.79 Å². The van der Waals surface area contributed by atoms with E-state index in [9.17, 15) is 9.59 Å². The van der Waals surface area contributed by atoms with Crippen LogP contribution in [0.2, 0.25) is 0 Å². The van der Waals surface area contributed by atoms with Crippen molar-refractivity contribution in [3.8, 4) is 0 Å². The Kier molecular flexibility index (Phi) is 12.9. The Morgan fingerprint density at radius 2 is 1.83 bits per heavy atom. The lowest BCUT2D eigenvalue weighted by Crippen LogP contribution is -2.28. The average molecular weight is 559 g/mol. The van der Waals surface area contributed by atoms with E-state index in [4.69, 9.17) is 0 Å². The number of rotatable bonds is 14. The lowest BCUT2D eigenvalue weighted by Gasteiger charge is -2.34. The maximum absolute atomic E-state index is 12.9. The molecule has 0 radical (unpaired) electrons. The summed E-state index contributed by atoms with van der Waals surface area (Å²) in [5.74, 6) is 2.59. The van der Waals surface area contributed by atoms with Gasteiger partial charge in [-0.2, -0.15) is 0 Å². The van der Waals surface area contributed by atoms with Gasteiger partial charge in [-0.05, 0) is 131 Å². The Labute approximate surface area is 252 Å². The first-order valence-electron chi connectivity index (χ1n) is 16.6. The predicted octanol–water partition coefficient (Wildman–Crippen LogP) is 11.0. The molecule has 0 aromatic carbocycles. The van der Waals surface area contributed by atoms with Crippen LogP contribution in [0, 0.1) is 29.1 Å². The van der Waals surface area contributed by atoms with Gasteiger partial charge in [0, 0.05) is 12.3 Å². The van der Waals surface area contributed by atoms with Crippen molar-refractivity contribution in [2.24, 2.45) is 29.1 Å². The first-order chi connectivity index (χ1) is 19.5. The fourth-order valence-corrected chi connectivity index (χ4v) is 7.36. The number of hydrogen-bond acceptors (Lipinski definition) is 2. The fraction of sp³-hybridized carbons (Fsp3) is 0.641. The Morgan fingerprint density at radius 1 is 1.10 bits per heavy atom. The normalized spacial score (nSPS) is 24.8. The van der Waals surface area contributed by atoms with E-state index in [2.05, 4.69) is 71.6 Å². The van der Waals surface area contributed by atoms with E-state index in [-0.39, 0.29) is 11.3 Å². The van der Waals surface area contributed by atoms with E-state index in [1.54, 1.807) is 12.5 Å². The zero-order chi connectivity index (χ0) is 30.0. The van der Waals surface area contributed by atoms with Crippen molar-refractivity contribution in [1.29, 1.82) is 0 Å². The van der Waals surface area contributed by atoms with Crippen LogP contribution in [0.3, 0.4) is 0 Å². The third kappa shape index (κ3) is 10.2. The molecular formula is C39H58O2. The van der Waals surface area contributed by atoms with E-state index in [0.29, 0.717) is 35.7 Å². The number of Topliss-reactive ketones (excluding diaryl/α,β-unsaturated/α-hetero) is 2. The van der Waals surface area contributed by atoms with Crippen LogP contribution in [0.4, 0.5) is 0 Å². The highest BCUT2D eigenvalue weighted by Gasteiger charge is 2.33. The minimum atomic E-state index is 0.105. The van der Waals surface area contributed by atoms with Gasteiger partial charge in [0.1, 0.15) is 5.78 Å². The monoisotopic (exact) mass is 558 g/mol. The molecular weight excluding hydrogens is 500 g/mol. The molecule has 0 bridgehead atoms. The molecule has 0 saturated heterocycles. The van der Waals surface area contributed by atoms with E-state index >= 15 is 0 Å². The van der Waals surface area contributed by atoms with Gasteiger partial charge in [0.2, 0.25) is 0 Å². The molecule has 1 saturated carbocycles. The van der Waals surface area contributed by atoms with E-state index in [1.807, 2.05) is 6.08 Å². The van der Waals surface area contributed by atoms with Gasteiger partial charge in [0.05, 0.1) is 0 Å². The van der Waals surface area contributed by atoms with Gasteiger partial charge >= 0.3 is 0 Å². The molecule has 0 aromatic heterocycles. The van der Waals surface area contributed by atoms with Gasteiger partial charge in [-0.15, -0.1) is 0 Å². The number of hydrogen-bond donors (Lipinski definition) is 0. The van der Waals surface area contributed by atoms with Crippen LogP contribution in [-0.2, 0) is 9.59 Å². The number of carbonyl (C=O) groups is 2. The second kappa shape index (κ2) is 15.9. The average Bonchev–Trinajstić information content (AvgIpc) is 3.47. The zero-order valence-corrected chi connectivity index (χ0v) is 27.2. The van der Waals surface area contributed by atoms with Crippen LogP contribution in [0.1, 0.15) is 131 Å². The smallest absolute Gasteiger partial charge is 0.161 e. The molecule has 2 unspecified atom stereocenters. The summed E-state index contributed by atoms with van der Waals surface area (Å²) in [7, 11) is 0. The summed E-state index contributed by atoms with van der Waals surface area (Å²) in [4.78, 5) is 25.2. The van der Waals surface area contributed by atoms with Crippen LogP contribution in [0.5, 0.6) is 0 Å². The topological polar surface area (TPSA) is 34.1 Å². The Hall–Kier alpha value is -2.22. The van der Waals surface area contributed by atoms with Crippen molar-refractivity contribution in [1.82, 2.24) is 0 Å². The third-order valence-corrected chi connectivity index (χ3v) is 9.81. The molecule has 0 aliphatic heterocycles. The highest BCUT2D eigenvalue weighted by Crippen LogP contribution is 2.41. The summed E-state index contributed by atoms with van der Waals surface area (Å²) in [6, 6.07) is 0. The minimum Gasteiger partial charge on any atom is -0.300 e. The van der Waals surface area contributed by atoms with Crippen LogP contribution >= 0.6 is 0 Å². The number of carbonyl (C=O) groups excluding carboxylic acids is 2. The summed E-state index contributed by atoms with van der Waals surface area (Å²) in [6.45, 7) is 17.0. The van der Waals surface area contributed by atoms with E-state index in [0.717, 1.165) is 76.2 Å². The third-order valence-electron chi connectivity index (χ3n) is 9.81. The zero-order valence-electron chi connectivity index (χ0n) is 27.2. The van der Waals surface area contributed by atoms with Crippen molar-refractivity contribution >= 4 is 11.6 Å². The molecule has 41 heavy (non-hydrogen) atoms. The summed E-state index contributed by atoms with van der Waals surface area (Å²) in [5.41, 5.74) is 6.99. The van der Waals surface area contributed by atoms with Gasteiger partial charge in [0.15, 0.2) is 5.78 Å². The van der Waals surface area contributed by atoms with E-state index < -0.39 is 0 Å². The summed E-state index contributed by atoms with van der Waals surface area (Å²) in [5, 5.41) is 0. The van der Waals surface area contributed by atoms with Crippen LogP contribution in [-0.4, -0.2) is 11.6 Å². The van der Waals surface area contributed by atoms with Crippen molar-refractivity contribution in [2.75, 3.05) is 0 Å². The maximum Gasteiger partial charge on any atom is 0.161 e. The molecule has 2 atom stereocenters. The second-order valence-corrected chi connectivity index (χ2v) is 14.3. The Balaban J connectivity index is 1.59. The molecule has 3 aliphatic carbocycles. The Bertz CT molecular complexity index is 1080. The van der Waals surface area contributed by atoms with Gasteiger partial charge in [0.25, 0.3) is 0 Å². The summed E-state index contributed by atoms with van der Waals surface area (Å²) in [6.07, 6.45) is 28.5. The predicted molar refractivity (Wildman–Crippen MR) is 176 cm³/mol. The molecule has 2 nitrogen and oxygen atoms in total. The highest BCUT2D eigenvalue weighted by atomic mass is 16.1. The molecule has 0 amide bonds. The molecule has 0 aromatic rings. The minimum absolute atomic E-state index is 0.105. The van der Waals surface area contributed by atoms with Crippen LogP contribution in [0.15, 0.2) is 70.9 Å². The standard InChI is InChI=1S/C39H58O2/c1-8-12-34-27-30(16-18-35(34)25-28(3)15-24-37(9-2)39(5,6)7)17-19-36(26-29(4)40)31-20-22-33(23-21-31)38(41)32-13-10-11-14-32/h9,13,15-16,18,24,30-31,33,36H,2,8,10-12,14,17,19-23,25-27H2,1,3-7H3. The largest absolute Gasteiger partial charge is 0.300 e. The first kappa shape index (κ1) is 33.3. The highest BCUT2D eigenvalue weighted by molar-refractivity contribution is 5.97. The quantitative estimate of drug-likeness (QED) is 0.199. The van der Waals surface area contributed by atoms with Gasteiger partial charge in [-0.25, -0.2) is 0 Å². The second-order valence-electron chi connectivity index (χ2n) is 14.3. The molecule has 2 heteroatoms. The summed E-state index contributed by atoms with van der Waals surface area (Å²) >= 11 is 0. The lowest BCUT2D eigenvalue weighted by molar-refractivity contribution is -0.121. The van der Waals surface area contributed by atoms with Gasteiger partial charge < -0.3 is 4.79 Å². The fourth-order valence-electron chi connectivity index (χ4n) is 7.36. The first-order valence-corrected chi connectivity index (χ1v) is 16.6. The molecule has 0 N–H and O–H groups in total. The number of ketones is 2. The number of allylic oxidation sites excluding steroid dienone is 11. The summed E-state index contributed by atoms with van der Waals surface area (Å²) < 4.78 is 0. The van der Waals surface area contributed by atoms with Crippen molar-refractivity contribution in [3.63, 3.8) is 0 Å². The molecule has 0 spiro atoms.